The van der Waals surface area contributed by atoms with Crippen molar-refractivity contribution in [3.63, 3.8) is 0 Å². The maximum Gasteiger partial charge on any atom is 0.255 e. The fraction of sp³-hybridized carbons (Fsp3) is 0.300. The third kappa shape index (κ3) is 3.97. The van der Waals surface area contributed by atoms with Gasteiger partial charge in [-0.2, -0.15) is 0 Å². The molecular weight excluding hydrogens is 348 g/mol. The molecule has 0 bridgehead atoms. The number of amides is 2. The molecule has 27 heavy (non-hydrogen) atoms. The van der Waals surface area contributed by atoms with E-state index >= 15 is 0 Å². The molecule has 0 radical (unpaired) electrons. The number of ether oxygens (including phenoxy) is 3. The Morgan fingerprint density at radius 3 is 2.41 bits per heavy atom. The summed E-state index contributed by atoms with van der Waals surface area (Å²) in [4.78, 5) is 24.9. The van der Waals surface area contributed by atoms with E-state index < -0.39 is 5.41 Å². The van der Waals surface area contributed by atoms with Crippen molar-refractivity contribution >= 4 is 23.2 Å². The second-order valence-electron chi connectivity index (χ2n) is 6.89. The van der Waals surface area contributed by atoms with Gasteiger partial charge in [0.2, 0.25) is 5.91 Å². The number of fused-ring (bicyclic) bond motifs is 1. The third-order valence-electron chi connectivity index (χ3n) is 4.30. The molecule has 0 unspecified atom stereocenters. The van der Waals surface area contributed by atoms with Gasteiger partial charge in [0.25, 0.3) is 5.91 Å². The van der Waals surface area contributed by atoms with Crippen molar-refractivity contribution in [1.82, 2.24) is 0 Å². The molecule has 142 valence electrons. The molecule has 0 atom stereocenters. The van der Waals surface area contributed by atoms with E-state index in [1.807, 2.05) is 13.8 Å². The molecule has 0 fully saturated rings. The number of rotatable bonds is 4. The van der Waals surface area contributed by atoms with Crippen LogP contribution in [0.25, 0.3) is 0 Å². The van der Waals surface area contributed by atoms with Crippen LogP contribution in [0.3, 0.4) is 0 Å². The molecule has 1 heterocycles. The zero-order chi connectivity index (χ0) is 19.6. The van der Waals surface area contributed by atoms with Crippen LogP contribution < -0.4 is 24.8 Å². The lowest BCUT2D eigenvalue weighted by Gasteiger charge is -2.18. The molecule has 0 saturated carbocycles. The smallest absolute Gasteiger partial charge is 0.255 e. The maximum absolute atomic E-state index is 12.6. The summed E-state index contributed by atoms with van der Waals surface area (Å²) in [5.74, 6) is 1.14. The molecule has 2 aromatic rings. The number of anilines is 2. The standard InChI is InChI=1S/C20H22N2O5/c1-20(2)11-27-17-6-5-13(9-16(17)22-19(20)24)21-18(23)12-7-14(25-3)10-15(8-12)26-4/h5-10H,11H2,1-4H3,(H,21,23)(H,22,24). The second-order valence-corrected chi connectivity index (χ2v) is 6.89. The van der Waals surface area contributed by atoms with Crippen LogP contribution in [-0.2, 0) is 4.79 Å². The summed E-state index contributed by atoms with van der Waals surface area (Å²) in [7, 11) is 3.04. The Kier molecular flexibility index (Phi) is 4.94. The predicted octanol–water partition coefficient (Wildman–Crippen LogP) is 3.31. The molecule has 2 amide bonds. The molecule has 3 rings (SSSR count). The van der Waals surface area contributed by atoms with Gasteiger partial charge in [-0.3, -0.25) is 9.59 Å². The molecule has 0 aliphatic carbocycles. The van der Waals surface area contributed by atoms with E-state index in [1.54, 1.807) is 36.4 Å². The topological polar surface area (TPSA) is 85.9 Å². The minimum atomic E-state index is -0.639. The summed E-state index contributed by atoms with van der Waals surface area (Å²) in [6, 6.07) is 10.0. The Bertz CT molecular complexity index is 870. The molecule has 0 saturated heterocycles. The number of hydrogen-bond donors (Lipinski definition) is 2. The highest BCUT2D eigenvalue weighted by Crippen LogP contribution is 2.34. The van der Waals surface area contributed by atoms with Crippen LogP contribution in [0.1, 0.15) is 24.2 Å². The summed E-state index contributed by atoms with van der Waals surface area (Å²) in [5.41, 5.74) is 0.804. The molecule has 0 aromatic heterocycles. The minimum Gasteiger partial charge on any atom is -0.497 e. The summed E-state index contributed by atoms with van der Waals surface area (Å²) in [6.45, 7) is 3.90. The van der Waals surface area contributed by atoms with Crippen LogP contribution >= 0.6 is 0 Å². The van der Waals surface area contributed by atoms with Crippen molar-refractivity contribution in [3.05, 3.63) is 42.0 Å². The van der Waals surface area contributed by atoms with E-state index in [-0.39, 0.29) is 18.4 Å². The fourth-order valence-corrected chi connectivity index (χ4v) is 2.59. The average Bonchev–Trinajstić information content (AvgIpc) is 2.77. The molecule has 0 spiro atoms. The van der Waals surface area contributed by atoms with Crippen molar-refractivity contribution in [3.8, 4) is 17.2 Å². The molecule has 7 heteroatoms. The van der Waals surface area contributed by atoms with Crippen molar-refractivity contribution in [2.75, 3.05) is 31.5 Å². The first kappa shape index (κ1) is 18.6. The van der Waals surface area contributed by atoms with Crippen molar-refractivity contribution in [1.29, 1.82) is 0 Å². The van der Waals surface area contributed by atoms with Crippen LogP contribution in [0, 0.1) is 5.41 Å². The number of nitrogens with one attached hydrogen (secondary N) is 2. The SMILES string of the molecule is COc1cc(OC)cc(C(=O)Nc2ccc3c(c2)NC(=O)C(C)(C)CO3)c1. The summed E-state index contributed by atoms with van der Waals surface area (Å²) in [5, 5.41) is 5.66. The predicted molar refractivity (Wildman–Crippen MR) is 102 cm³/mol. The Labute approximate surface area is 157 Å². The van der Waals surface area contributed by atoms with Crippen LogP contribution in [-0.4, -0.2) is 32.6 Å². The number of hydrogen-bond acceptors (Lipinski definition) is 5. The van der Waals surface area contributed by atoms with Gasteiger partial charge in [0.1, 0.15) is 23.9 Å². The third-order valence-corrected chi connectivity index (χ3v) is 4.30. The van der Waals surface area contributed by atoms with Crippen molar-refractivity contribution in [2.24, 2.45) is 5.41 Å². The van der Waals surface area contributed by atoms with Crippen LogP contribution in [0.2, 0.25) is 0 Å². The van der Waals surface area contributed by atoms with Crippen LogP contribution in [0.5, 0.6) is 17.2 Å². The number of benzene rings is 2. The lowest BCUT2D eigenvalue weighted by atomic mass is 9.94. The Balaban J connectivity index is 1.83. The maximum atomic E-state index is 12.6. The minimum absolute atomic E-state index is 0.137. The van der Waals surface area contributed by atoms with Gasteiger partial charge in [-0.05, 0) is 44.2 Å². The number of carbonyl (C=O) groups is 2. The van der Waals surface area contributed by atoms with Crippen molar-refractivity contribution in [2.45, 2.75) is 13.8 Å². The molecule has 1 aliphatic heterocycles. The summed E-state index contributed by atoms with van der Waals surface area (Å²) >= 11 is 0. The van der Waals surface area contributed by atoms with Gasteiger partial charge in [0.15, 0.2) is 0 Å². The fourth-order valence-electron chi connectivity index (χ4n) is 2.59. The van der Waals surface area contributed by atoms with E-state index in [1.165, 1.54) is 14.2 Å². The van der Waals surface area contributed by atoms with E-state index in [9.17, 15) is 9.59 Å². The highest BCUT2D eigenvalue weighted by atomic mass is 16.5. The zero-order valence-corrected chi connectivity index (χ0v) is 15.7. The molecule has 2 N–H and O–H groups in total. The van der Waals surface area contributed by atoms with Gasteiger partial charge >= 0.3 is 0 Å². The van der Waals surface area contributed by atoms with Gasteiger partial charge in [-0.25, -0.2) is 0 Å². The Hall–Kier alpha value is -3.22. The molecule has 7 nitrogen and oxygen atoms in total. The van der Waals surface area contributed by atoms with Crippen molar-refractivity contribution < 1.29 is 23.8 Å². The highest BCUT2D eigenvalue weighted by Gasteiger charge is 2.32. The molecule has 2 aromatic carbocycles. The Morgan fingerprint density at radius 1 is 1.11 bits per heavy atom. The van der Waals surface area contributed by atoms with Gasteiger partial charge in [0, 0.05) is 17.3 Å². The number of carbonyl (C=O) groups excluding carboxylic acids is 2. The normalized spacial score (nSPS) is 14.9. The quantitative estimate of drug-likeness (QED) is 0.862. The van der Waals surface area contributed by atoms with Crippen LogP contribution in [0.4, 0.5) is 11.4 Å². The van der Waals surface area contributed by atoms with Gasteiger partial charge in [-0.15, -0.1) is 0 Å². The zero-order valence-electron chi connectivity index (χ0n) is 15.7. The molecular formula is C20H22N2O5. The lowest BCUT2D eigenvalue weighted by Crippen LogP contribution is -2.33. The van der Waals surface area contributed by atoms with E-state index in [2.05, 4.69) is 10.6 Å². The van der Waals surface area contributed by atoms with E-state index in [0.29, 0.717) is 34.2 Å². The lowest BCUT2D eigenvalue weighted by molar-refractivity contribution is -0.124. The highest BCUT2D eigenvalue weighted by molar-refractivity contribution is 6.05. The van der Waals surface area contributed by atoms with Gasteiger partial charge in [0.05, 0.1) is 25.3 Å². The van der Waals surface area contributed by atoms with Gasteiger partial charge < -0.3 is 24.8 Å². The van der Waals surface area contributed by atoms with E-state index in [0.717, 1.165) is 0 Å². The number of methoxy groups -OCH3 is 2. The second kappa shape index (κ2) is 7.19. The first-order valence-corrected chi connectivity index (χ1v) is 8.45. The average molecular weight is 370 g/mol. The molecule has 1 aliphatic rings. The monoisotopic (exact) mass is 370 g/mol. The largest absolute Gasteiger partial charge is 0.497 e. The Morgan fingerprint density at radius 2 is 1.78 bits per heavy atom. The summed E-state index contributed by atoms with van der Waals surface area (Å²) in [6.07, 6.45) is 0. The first-order chi connectivity index (χ1) is 12.8. The summed E-state index contributed by atoms with van der Waals surface area (Å²) < 4.78 is 16.1. The van der Waals surface area contributed by atoms with Gasteiger partial charge in [-0.1, -0.05) is 0 Å². The first-order valence-electron chi connectivity index (χ1n) is 8.45. The van der Waals surface area contributed by atoms with E-state index in [4.69, 9.17) is 14.2 Å². The van der Waals surface area contributed by atoms with Crippen LogP contribution in [0.15, 0.2) is 36.4 Å².